The van der Waals surface area contributed by atoms with Crippen LogP contribution in [0.4, 0.5) is 13.6 Å². The number of hydrogen-bond donors (Lipinski definition) is 3. The molecule has 2 amide bonds. The average molecular weight is 491 g/mol. The van der Waals surface area contributed by atoms with Gasteiger partial charge in [-0.3, -0.25) is 4.79 Å². The van der Waals surface area contributed by atoms with E-state index < -0.39 is 42.9 Å². The van der Waals surface area contributed by atoms with Gasteiger partial charge >= 0.3 is 12.1 Å². The number of fused-ring (bicyclic) bond motifs is 3. The summed E-state index contributed by atoms with van der Waals surface area (Å²) in [5.41, 5.74) is 4.17. The zero-order valence-corrected chi connectivity index (χ0v) is 19.2. The van der Waals surface area contributed by atoms with Crippen molar-refractivity contribution < 1.29 is 37.7 Å². The van der Waals surface area contributed by atoms with Crippen molar-refractivity contribution in [1.82, 2.24) is 10.6 Å². The molecule has 35 heavy (non-hydrogen) atoms. The maximum Gasteiger partial charge on any atom is 0.407 e. The summed E-state index contributed by atoms with van der Waals surface area (Å²) in [4.78, 5) is 36.5. The molecule has 3 rings (SSSR count). The molecule has 0 saturated heterocycles. The van der Waals surface area contributed by atoms with Gasteiger partial charge < -0.3 is 25.2 Å². The Morgan fingerprint density at radius 2 is 1.57 bits per heavy atom. The third-order valence-electron chi connectivity index (χ3n) is 5.82. The number of methoxy groups -OCH3 is 1. The molecule has 2 aromatic carbocycles. The summed E-state index contributed by atoms with van der Waals surface area (Å²) in [7, 11) is 1.47. The number of alkyl carbamates (subject to hydrolysis) is 1. The maximum absolute atomic E-state index is 12.7. The SMILES string of the molecule is COCCCC(NC(=O)OCC1c2ccccc2-c2ccccc21)C(=O)NC(CC(F)F)C(=O)O. The van der Waals surface area contributed by atoms with E-state index in [1.807, 2.05) is 48.5 Å². The van der Waals surface area contributed by atoms with Crippen LogP contribution in [-0.2, 0) is 19.1 Å². The van der Waals surface area contributed by atoms with Gasteiger partial charge in [-0.1, -0.05) is 48.5 Å². The Morgan fingerprint density at radius 3 is 2.11 bits per heavy atom. The summed E-state index contributed by atoms with van der Waals surface area (Å²) < 4.78 is 35.8. The van der Waals surface area contributed by atoms with Crippen LogP contribution in [0.2, 0.25) is 0 Å². The Kier molecular flexibility index (Phi) is 9.13. The number of nitrogens with one attached hydrogen (secondary N) is 2. The Balaban J connectivity index is 1.65. The number of ether oxygens (including phenoxy) is 2. The molecular weight excluding hydrogens is 462 g/mol. The van der Waals surface area contributed by atoms with Crippen molar-refractivity contribution in [2.75, 3.05) is 20.3 Å². The van der Waals surface area contributed by atoms with Gasteiger partial charge in [0, 0.05) is 26.1 Å². The highest BCUT2D eigenvalue weighted by atomic mass is 19.3. The molecule has 0 aromatic heterocycles. The zero-order valence-electron chi connectivity index (χ0n) is 19.2. The second-order valence-electron chi connectivity index (χ2n) is 8.18. The summed E-state index contributed by atoms with van der Waals surface area (Å²) in [6.07, 6.45) is -4.37. The van der Waals surface area contributed by atoms with Crippen molar-refractivity contribution in [3.63, 3.8) is 0 Å². The minimum absolute atomic E-state index is 0.0232. The number of carboxylic acid groups (broad SMARTS) is 1. The standard InChI is InChI=1S/C25H28F2N2O6/c1-34-12-6-11-20(23(30)28-21(24(31)32)13-22(26)27)29-25(33)35-14-19-17-9-4-2-7-15(17)16-8-3-5-10-18(16)19/h2-5,7-10,19-22H,6,11-14H2,1H3,(H,28,30)(H,29,33)(H,31,32). The van der Waals surface area contributed by atoms with Crippen molar-refractivity contribution in [2.45, 2.75) is 43.7 Å². The monoisotopic (exact) mass is 490 g/mol. The fraction of sp³-hybridized carbons (Fsp3) is 0.400. The van der Waals surface area contributed by atoms with Crippen LogP contribution in [0.5, 0.6) is 0 Å². The van der Waals surface area contributed by atoms with Crippen molar-refractivity contribution in [3.05, 3.63) is 59.7 Å². The molecule has 2 aromatic rings. The first-order valence-corrected chi connectivity index (χ1v) is 11.2. The molecule has 0 fully saturated rings. The predicted molar refractivity (Wildman–Crippen MR) is 123 cm³/mol. The lowest BCUT2D eigenvalue weighted by atomic mass is 9.98. The molecule has 0 spiro atoms. The highest BCUT2D eigenvalue weighted by Gasteiger charge is 2.31. The molecule has 1 aliphatic carbocycles. The normalized spacial score (nSPS) is 14.1. The van der Waals surface area contributed by atoms with Crippen LogP contribution in [0, 0.1) is 0 Å². The lowest BCUT2D eigenvalue weighted by Crippen LogP contribution is -2.52. The number of hydrogen-bond acceptors (Lipinski definition) is 5. The van der Waals surface area contributed by atoms with E-state index in [1.54, 1.807) is 0 Å². The fourth-order valence-corrected chi connectivity index (χ4v) is 4.15. The first kappa shape index (κ1) is 26.1. The second-order valence-corrected chi connectivity index (χ2v) is 8.18. The maximum atomic E-state index is 12.7. The second kappa shape index (κ2) is 12.3. The number of halogens is 2. The average Bonchev–Trinajstić information content (AvgIpc) is 3.15. The van der Waals surface area contributed by atoms with E-state index in [0.717, 1.165) is 22.3 Å². The van der Waals surface area contributed by atoms with Crippen LogP contribution in [0.25, 0.3) is 11.1 Å². The number of alkyl halides is 2. The third kappa shape index (κ3) is 6.75. The number of carbonyl (C=O) groups is 3. The zero-order chi connectivity index (χ0) is 25.4. The van der Waals surface area contributed by atoms with Gasteiger partial charge in [-0.05, 0) is 35.1 Å². The Hall–Kier alpha value is -3.53. The highest BCUT2D eigenvalue weighted by Crippen LogP contribution is 2.44. The largest absolute Gasteiger partial charge is 0.480 e. The van der Waals surface area contributed by atoms with Crippen molar-refractivity contribution >= 4 is 18.0 Å². The molecule has 0 bridgehead atoms. The van der Waals surface area contributed by atoms with Crippen LogP contribution in [0.15, 0.2) is 48.5 Å². The lowest BCUT2D eigenvalue weighted by Gasteiger charge is -2.22. The summed E-state index contributed by atoms with van der Waals surface area (Å²) in [6.45, 7) is 0.310. The van der Waals surface area contributed by atoms with E-state index in [4.69, 9.17) is 14.6 Å². The Bertz CT molecular complexity index is 1000. The number of amides is 2. The molecule has 0 saturated carbocycles. The molecular formula is C25H28F2N2O6. The summed E-state index contributed by atoms with van der Waals surface area (Å²) >= 11 is 0. The summed E-state index contributed by atoms with van der Waals surface area (Å²) in [5, 5.41) is 13.6. The molecule has 2 atom stereocenters. The van der Waals surface area contributed by atoms with E-state index >= 15 is 0 Å². The quantitative estimate of drug-likeness (QED) is 0.392. The molecule has 0 heterocycles. The topological polar surface area (TPSA) is 114 Å². The summed E-state index contributed by atoms with van der Waals surface area (Å²) in [5.74, 6) is -2.66. The van der Waals surface area contributed by atoms with Gasteiger partial charge in [0.15, 0.2) is 0 Å². The smallest absolute Gasteiger partial charge is 0.407 e. The molecule has 0 aliphatic heterocycles. The number of carboxylic acids is 1. The van der Waals surface area contributed by atoms with E-state index in [2.05, 4.69) is 10.6 Å². The third-order valence-corrected chi connectivity index (χ3v) is 5.82. The highest BCUT2D eigenvalue weighted by molar-refractivity contribution is 5.89. The Labute approximate surface area is 201 Å². The van der Waals surface area contributed by atoms with Crippen molar-refractivity contribution in [2.24, 2.45) is 0 Å². The van der Waals surface area contributed by atoms with Crippen LogP contribution in [0.3, 0.4) is 0 Å². The number of carbonyl (C=O) groups excluding carboxylic acids is 2. The van der Waals surface area contributed by atoms with E-state index in [-0.39, 0.29) is 25.6 Å². The van der Waals surface area contributed by atoms with Gasteiger partial charge in [-0.15, -0.1) is 0 Å². The van der Waals surface area contributed by atoms with Gasteiger partial charge in [0.05, 0.1) is 0 Å². The predicted octanol–water partition coefficient (Wildman–Crippen LogP) is 3.54. The molecule has 188 valence electrons. The molecule has 10 heteroatoms. The fourth-order valence-electron chi connectivity index (χ4n) is 4.15. The lowest BCUT2D eigenvalue weighted by molar-refractivity contribution is -0.143. The van der Waals surface area contributed by atoms with Gasteiger partial charge in [-0.25, -0.2) is 18.4 Å². The minimum atomic E-state index is -2.92. The molecule has 1 aliphatic rings. The van der Waals surface area contributed by atoms with E-state index in [9.17, 15) is 23.2 Å². The van der Waals surface area contributed by atoms with E-state index in [0.29, 0.717) is 6.42 Å². The number of benzene rings is 2. The van der Waals surface area contributed by atoms with Gasteiger partial charge in [-0.2, -0.15) is 0 Å². The van der Waals surface area contributed by atoms with E-state index in [1.165, 1.54) is 7.11 Å². The molecule has 2 unspecified atom stereocenters. The number of aliphatic carboxylic acids is 1. The first-order valence-electron chi connectivity index (χ1n) is 11.2. The van der Waals surface area contributed by atoms with Crippen molar-refractivity contribution in [1.29, 1.82) is 0 Å². The van der Waals surface area contributed by atoms with Gasteiger partial charge in [0.25, 0.3) is 0 Å². The first-order chi connectivity index (χ1) is 16.8. The minimum Gasteiger partial charge on any atom is -0.480 e. The Morgan fingerprint density at radius 1 is 0.971 bits per heavy atom. The van der Waals surface area contributed by atoms with Crippen LogP contribution < -0.4 is 10.6 Å². The summed E-state index contributed by atoms with van der Waals surface area (Å²) in [6, 6.07) is 12.7. The van der Waals surface area contributed by atoms with Crippen LogP contribution in [0.1, 0.15) is 36.3 Å². The van der Waals surface area contributed by atoms with Crippen molar-refractivity contribution in [3.8, 4) is 11.1 Å². The van der Waals surface area contributed by atoms with Gasteiger partial charge in [0.1, 0.15) is 18.7 Å². The molecule has 8 nitrogen and oxygen atoms in total. The van der Waals surface area contributed by atoms with Crippen LogP contribution in [-0.4, -0.2) is 61.9 Å². The number of rotatable bonds is 12. The van der Waals surface area contributed by atoms with Crippen LogP contribution >= 0.6 is 0 Å². The van der Waals surface area contributed by atoms with Gasteiger partial charge in [0.2, 0.25) is 12.3 Å². The molecule has 3 N–H and O–H groups in total. The molecule has 0 radical (unpaired) electrons.